The lowest BCUT2D eigenvalue weighted by molar-refractivity contribution is -0.139. The van der Waals surface area contributed by atoms with E-state index in [9.17, 15) is 22.8 Å². The molecule has 0 bridgehead atoms. The van der Waals surface area contributed by atoms with Crippen LogP contribution in [0, 0.1) is 0 Å². The number of nitrogens with one attached hydrogen (secondary N) is 1. The number of aliphatic carboxylic acids is 1. The third kappa shape index (κ3) is 5.62. The Hall–Kier alpha value is -3.36. The fourth-order valence-electron chi connectivity index (χ4n) is 1.86. The number of hydrogen-bond donors (Lipinski definition) is 2. The summed E-state index contributed by atoms with van der Waals surface area (Å²) in [4.78, 5) is 22.2. The van der Waals surface area contributed by atoms with Crippen molar-refractivity contribution in [2.24, 2.45) is 5.10 Å². The van der Waals surface area contributed by atoms with E-state index in [4.69, 9.17) is 9.84 Å². The standard InChI is InChI=1S/C17H13F3N2O4/c18-17(19,20)13-3-1-2-12(8-13)16(25)22-21-9-11-4-6-14(7-5-11)26-10-15(23)24/h1-9H,10H2,(H,22,25)(H,23,24)/b21-9-. The summed E-state index contributed by atoms with van der Waals surface area (Å²) in [6, 6.07) is 10.1. The molecule has 2 rings (SSSR count). The van der Waals surface area contributed by atoms with E-state index in [1.165, 1.54) is 24.4 Å². The van der Waals surface area contributed by atoms with Gasteiger partial charge >= 0.3 is 12.1 Å². The zero-order valence-corrected chi connectivity index (χ0v) is 13.2. The van der Waals surface area contributed by atoms with Crippen LogP contribution in [0.2, 0.25) is 0 Å². The second-order valence-electron chi connectivity index (χ2n) is 5.03. The molecule has 0 heterocycles. The van der Waals surface area contributed by atoms with Gasteiger partial charge in [-0.05, 0) is 48.0 Å². The number of benzene rings is 2. The lowest BCUT2D eigenvalue weighted by Crippen LogP contribution is -2.18. The molecule has 136 valence electrons. The molecule has 9 heteroatoms. The van der Waals surface area contributed by atoms with Gasteiger partial charge in [0.05, 0.1) is 11.8 Å². The average Bonchev–Trinajstić information content (AvgIpc) is 2.60. The zero-order chi connectivity index (χ0) is 19.2. The Balaban J connectivity index is 1.95. The number of carboxylic acids is 1. The van der Waals surface area contributed by atoms with Gasteiger partial charge in [-0.15, -0.1) is 0 Å². The molecule has 0 atom stereocenters. The maximum atomic E-state index is 12.6. The molecule has 6 nitrogen and oxygen atoms in total. The van der Waals surface area contributed by atoms with Crippen molar-refractivity contribution in [2.45, 2.75) is 6.18 Å². The number of carbonyl (C=O) groups is 2. The van der Waals surface area contributed by atoms with Gasteiger partial charge in [0, 0.05) is 5.56 Å². The lowest BCUT2D eigenvalue weighted by Gasteiger charge is -2.07. The largest absolute Gasteiger partial charge is 0.482 e. The zero-order valence-electron chi connectivity index (χ0n) is 13.2. The summed E-state index contributed by atoms with van der Waals surface area (Å²) in [5, 5.41) is 12.2. The number of ether oxygens (including phenoxy) is 1. The van der Waals surface area contributed by atoms with E-state index in [1.807, 2.05) is 0 Å². The summed E-state index contributed by atoms with van der Waals surface area (Å²) in [5.41, 5.74) is 1.60. The summed E-state index contributed by atoms with van der Waals surface area (Å²) in [6.45, 7) is -0.472. The fourth-order valence-corrected chi connectivity index (χ4v) is 1.86. The number of hydrogen-bond acceptors (Lipinski definition) is 4. The molecular weight excluding hydrogens is 353 g/mol. The minimum atomic E-state index is -4.54. The number of nitrogens with zero attached hydrogens (tertiary/aromatic N) is 1. The fraction of sp³-hybridized carbons (Fsp3) is 0.118. The van der Waals surface area contributed by atoms with Crippen molar-refractivity contribution >= 4 is 18.1 Å². The Labute approximate surface area is 145 Å². The quantitative estimate of drug-likeness (QED) is 0.608. The molecule has 26 heavy (non-hydrogen) atoms. The van der Waals surface area contributed by atoms with Gasteiger partial charge < -0.3 is 9.84 Å². The van der Waals surface area contributed by atoms with E-state index >= 15 is 0 Å². The van der Waals surface area contributed by atoms with Crippen molar-refractivity contribution in [2.75, 3.05) is 6.61 Å². The van der Waals surface area contributed by atoms with E-state index < -0.39 is 30.2 Å². The van der Waals surface area contributed by atoms with E-state index in [0.29, 0.717) is 11.3 Å². The minimum Gasteiger partial charge on any atom is -0.482 e. The van der Waals surface area contributed by atoms with Crippen molar-refractivity contribution in [3.63, 3.8) is 0 Å². The Kier molecular flexibility index (Phi) is 5.94. The molecule has 0 aliphatic carbocycles. The average molecular weight is 366 g/mol. The van der Waals surface area contributed by atoms with E-state index in [1.54, 1.807) is 12.1 Å². The number of carboxylic acid groups (broad SMARTS) is 1. The highest BCUT2D eigenvalue weighted by Crippen LogP contribution is 2.29. The maximum Gasteiger partial charge on any atom is 0.416 e. The van der Waals surface area contributed by atoms with Crippen molar-refractivity contribution in [3.05, 3.63) is 65.2 Å². The predicted molar refractivity (Wildman–Crippen MR) is 86.1 cm³/mol. The van der Waals surface area contributed by atoms with Gasteiger partial charge in [0.1, 0.15) is 5.75 Å². The van der Waals surface area contributed by atoms with Crippen LogP contribution < -0.4 is 10.2 Å². The number of rotatable bonds is 6. The van der Waals surface area contributed by atoms with Gasteiger partial charge in [-0.2, -0.15) is 18.3 Å². The van der Waals surface area contributed by atoms with Gasteiger partial charge in [-0.25, -0.2) is 10.2 Å². The van der Waals surface area contributed by atoms with Crippen LogP contribution in [-0.4, -0.2) is 29.8 Å². The Morgan fingerprint density at radius 3 is 2.46 bits per heavy atom. The molecular formula is C17H13F3N2O4. The Bertz CT molecular complexity index is 818. The normalized spacial score (nSPS) is 11.3. The third-order valence-corrected chi connectivity index (χ3v) is 3.07. The van der Waals surface area contributed by atoms with Gasteiger partial charge in [-0.3, -0.25) is 4.79 Å². The second-order valence-corrected chi connectivity index (χ2v) is 5.03. The highest BCUT2D eigenvalue weighted by atomic mass is 19.4. The second kappa shape index (κ2) is 8.15. The molecule has 0 spiro atoms. The van der Waals surface area contributed by atoms with Crippen LogP contribution in [0.3, 0.4) is 0 Å². The minimum absolute atomic E-state index is 0.172. The first-order valence-electron chi connectivity index (χ1n) is 7.21. The van der Waals surface area contributed by atoms with Crippen LogP contribution in [0.5, 0.6) is 5.75 Å². The predicted octanol–water partition coefficient (Wildman–Crippen LogP) is 2.93. The number of alkyl halides is 3. The van der Waals surface area contributed by atoms with Crippen molar-refractivity contribution in [1.82, 2.24) is 5.43 Å². The highest BCUT2D eigenvalue weighted by molar-refractivity contribution is 5.95. The van der Waals surface area contributed by atoms with Crippen LogP contribution in [0.15, 0.2) is 53.6 Å². The summed E-state index contributed by atoms with van der Waals surface area (Å²) < 4.78 is 42.9. The van der Waals surface area contributed by atoms with Crippen LogP contribution in [0.25, 0.3) is 0 Å². The first kappa shape index (κ1) is 19.0. The molecule has 2 aromatic carbocycles. The lowest BCUT2D eigenvalue weighted by atomic mass is 10.1. The van der Waals surface area contributed by atoms with E-state index in [0.717, 1.165) is 18.2 Å². The summed E-state index contributed by atoms with van der Waals surface area (Å²) in [6.07, 6.45) is -3.25. The van der Waals surface area contributed by atoms with Crippen LogP contribution in [0.1, 0.15) is 21.5 Å². The smallest absolute Gasteiger partial charge is 0.416 e. The highest BCUT2D eigenvalue weighted by Gasteiger charge is 2.30. The molecule has 0 fully saturated rings. The van der Waals surface area contributed by atoms with E-state index in [2.05, 4.69) is 10.5 Å². The molecule has 0 saturated heterocycles. The van der Waals surface area contributed by atoms with Crippen LogP contribution in [0.4, 0.5) is 13.2 Å². The molecule has 0 radical (unpaired) electrons. The molecule has 0 aromatic heterocycles. The number of hydrazone groups is 1. The molecule has 0 aliphatic rings. The molecule has 0 saturated carbocycles. The van der Waals surface area contributed by atoms with Gasteiger partial charge in [0.25, 0.3) is 5.91 Å². The van der Waals surface area contributed by atoms with Gasteiger partial charge in [-0.1, -0.05) is 6.07 Å². The maximum absolute atomic E-state index is 12.6. The molecule has 2 aromatic rings. The van der Waals surface area contributed by atoms with Crippen molar-refractivity contribution in [3.8, 4) is 5.75 Å². The molecule has 0 aliphatic heterocycles. The first-order chi connectivity index (χ1) is 12.3. The molecule has 0 unspecified atom stereocenters. The number of amides is 1. The van der Waals surface area contributed by atoms with Gasteiger partial charge in [0.2, 0.25) is 0 Å². The Morgan fingerprint density at radius 2 is 1.85 bits per heavy atom. The number of carbonyl (C=O) groups excluding carboxylic acids is 1. The summed E-state index contributed by atoms with van der Waals surface area (Å²) in [7, 11) is 0. The topological polar surface area (TPSA) is 88.0 Å². The van der Waals surface area contributed by atoms with Crippen LogP contribution >= 0.6 is 0 Å². The third-order valence-electron chi connectivity index (χ3n) is 3.07. The Morgan fingerprint density at radius 1 is 1.15 bits per heavy atom. The van der Waals surface area contributed by atoms with Gasteiger partial charge in [0.15, 0.2) is 6.61 Å². The molecule has 1 amide bonds. The number of halogens is 3. The summed E-state index contributed by atoms with van der Waals surface area (Å²) in [5.74, 6) is -1.54. The summed E-state index contributed by atoms with van der Waals surface area (Å²) >= 11 is 0. The molecule has 2 N–H and O–H groups in total. The van der Waals surface area contributed by atoms with E-state index in [-0.39, 0.29) is 5.56 Å². The monoisotopic (exact) mass is 366 g/mol. The SMILES string of the molecule is O=C(O)COc1ccc(/C=N\NC(=O)c2cccc(C(F)(F)F)c2)cc1. The van der Waals surface area contributed by atoms with Crippen molar-refractivity contribution in [1.29, 1.82) is 0 Å². The van der Waals surface area contributed by atoms with Crippen LogP contribution in [-0.2, 0) is 11.0 Å². The first-order valence-corrected chi connectivity index (χ1v) is 7.21. The van der Waals surface area contributed by atoms with Crippen molar-refractivity contribution < 1.29 is 32.6 Å².